The van der Waals surface area contributed by atoms with Gasteiger partial charge in [0.15, 0.2) is 23.6 Å². The van der Waals surface area contributed by atoms with Crippen LogP contribution in [-0.2, 0) is 9.47 Å². The molecule has 1 heterocycles. The third-order valence-corrected chi connectivity index (χ3v) is 2.91. The molecule has 0 aromatic heterocycles. The predicted molar refractivity (Wildman–Crippen MR) is 73.4 cm³/mol. The first kappa shape index (κ1) is 14.8. The molecule has 2 rings (SSSR count). The molecule has 1 fully saturated rings. The average molecular weight is 280 g/mol. The van der Waals surface area contributed by atoms with Gasteiger partial charge < -0.3 is 18.9 Å². The number of rotatable bonds is 7. The summed E-state index contributed by atoms with van der Waals surface area (Å²) >= 11 is 0. The molecule has 5 nitrogen and oxygen atoms in total. The Balaban J connectivity index is 2.10. The Morgan fingerprint density at radius 1 is 1.15 bits per heavy atom. The Bertz CT molecular complexity index is 452. The highest BCUT2D eigenvalue weighted by Gasteiger charge is 2.21. The molecule has 1 aromatic carbocycles. The van der Waals surface area contributed by atoms with Crippen molar-refractivity contribution in [3.8, 4) is 11.5 Å². The van der Waals surface area contributed by atoms with Gasteiger partial charge in [-0.1, -0.05) is 0 Å². The smallest absolute Gasteiger partial charge is 0.168 e. The van der Waals surface area contributed by atoms with E-state index >= 15 is 0 Å². The van der Waals surface area contributed by atoms with Crippen LogP contribution in [0.3, 0.4) is 0 Å². The Morgan fingerprint density at radius 3 is 2.45 bits per heavy atom. The number of Topliss-reactive ketones (excluding diaryl/α,β-unsaturated/α-hetero) is 1. The fraction of sp³-hybridized carbons (Fsp3) is 0.533. The van der Waals surface area contributed by atoms with E-state index < -0.39 is 6.29 Å². The van der Waals surface area contributed by atoms with Crippen molar-refractivity contribution < 1.29 is 23.7 Å². The summed E-state index contributed by atoms with van der Waals surface area (Å²) in [6.07, 6.45) is -0.205. The summed E-state index contributed by atoms with van der Waals surface area (Å²) in [7, 11) is 0. The van der Waals surface area contributed by atoms with Gasteiger partial charge in [0.05, 0.1) is 32.8 Å². The quantitative estimate of drug-likeness (QED) is 0.718. The van der Waals surface area contributed by atoms with Crippen molar-refractivity contribution in [2.45, 2.75) is 26.6 Å². The Hall–Kier alpha value is -1.59. The predicted octanol–water partition coefficient (Wildman–Crippen LogP) is 2.43. The zero-order valence-electron chi connectivity index (χ0n) is 11.9. The van der Waals surface area contributed by atoms with Crippen LogP contribution in [0.15, 0.2) is 18.2 Å². The van der Waals surface area contributed by atoms with Gasteiger partial charge in [0.25, 0.3) is 0 Å². The van der Waals surface area contributed by atoms with Gasteiger partial charge in [0, 0.05) is 5.56 Å². The van der Waals surface area contributed by atoms with Gasteiger partial charge in [-0.2, -0.15) is 0 Å². The first-order chi connectivity index (χ1) is 9.74. The lowest BCUT2D eigenvalue weighted by Gasteiger charge is -2.13. The van der Waals surface area contributed by atoms with Crippen molar-refractivity contribution in [2.24, 2.45) is 0 Å². The van der Waals surface area contributed by atoms with Crippen molar-refractivity contribution in [1.82, 2.24) is 0 Å². The number of carbonyl (C=O) groups is 1. The van der Waals surface area contributed by atoms with Crippen LogP contribution in [0.1, 0.15) is 30.6 Å². The normalized spacial score (nSPS) is 15.3. The highest BCUT2D eigenvalue weighted by atomic mass is 16.7. The van der Waals surface area contributed by atoms with Gasteiger partial charge in [0.2, 0.25) is 0 Å². The Kier molecular flexibility index (Phi) is 5.38. The molecule has 5 heteroatoms. The van der Waals surface area contributed by atoms with E-state index in [1.54, 1.807) is 18.2 Å². The van der Waals surface area contributed by atoms with Crippen LogP contribution in [0, 0.1) is 0 Å². The molecular weight excluding hydrogens is 260 g/mol. The molecular formula is C15H20O5. The molecule has 20 heavy (non-hydrogen) atoms. The minimum atomic E-state index is -0.426. The van der Waals surface area contributed by atoms with Crippen LogP contribution < -0.4 is 9.47 Å². The third kappa shape index (κ3) is 3.71. The molecule has 0 atom stereocenters. The number of hydrogen-bond donors (Lipinski definition) is 0. The standard InChI is InChI=1S/C15H20O5/c1-3-17-13-6-5-11(9-14(13)18-4-2)12(16)10-15-19-7-8-20-15/h5-6,9,15H,3-4,7-8,10H2,1-2H3. The fourth-order valence-corrected chi connectivity index (χ4v) is 2.02. The number of ether oxygens (including phenoxy) is 4. The molecule has 0 aliphatic carbocycles. The maximum atomic E-state index is 12.2. The topological polar surface area (TPSA) is 54.0 Å². The van der Waals surface area contributed by atoms with E-state index in [-0.39, 0.29) is 12.2 Å². The summed E-state index contributed by atoms with van der Waals surface area (Å²) in [6, 6.07) is 5.22. The van der Waals surface area contributed by atoms with E-state index in [9.17, 15) is 4.79 Å². The van der Waals surface area contributed by atoms with Crippen LogP contribution in [0.25, 0.3) is 0 Å². The molecule has 1 aromatic rings. The number of ketones is 1. The van der Waals surface area contributed by atoms with Crippen LogP contribution in [-0.4, -0.2) is 38.5 Å². The SMILES string of the molecule is CCOc1ccc(C(=O)CC2OCCO2)cc1OCC. The molecule has 0 amide bonds. The highest BCUT2D eigenvalue weighted by molar-refractivity contribution is 5.96. The largest absolute Gasteiger partial charge is 0.490 e. The molecule has 0 radical (unpaired) electrons. The lowest BCUT2D eigenvalue weighted by Crippen LogP contribution is -2.14. The maximum absolute atomic E-state index is 12.2. The molecule has 0 N–H and O–H groups in total. The molecule has 1 aliphatic rings. The Morgan fingerprint density at radius 2 is 1.80 bits per heavy atom. The van der Waals surface area contributed by atoms with Gasteiger partial charge in [-0.15, -0.1) is 0 Å². The number of carbonyl (C=O) groups excluding carboxylic acids is 1. The summed E-state index contributed by atoms with van der Waals surface area (Å²) in [6.45, 7) is 5.97. The van der Waals surface area contributed by atoms with Gasteiger partial charge in [-0.25, -0.2) is 0 Å². The second-order valence-corrected chi connectivity index (χ2v) is 4.33. The lowest BCUT2D eigenvalue weighted by atomic mass is 10.1. The minimum Gasteiger partial charge on any atom is -0.490 e. The first-order valence-electron chi connectivity index (χ1n) is 6.90. The summed E-state index contributed by atoms with van der Waals surface area (Å²) in [5.74, 6) is 1.22. The molecule has 0 unspecified atom stereocenters. The zero-order valence-corrected chi connectivity index (χ0v) is 11.9. The summed E-state index contributed by atoms with van der Waals surface area (Å²) in [4.78, 5) is 12.2. The van der Waals surface area contributed by atoms with Gasteiger partial charge in [-0.3, -0.25) is 4.79 Å². The van der Waals surface area contributed by atoms with Crippen molar-refractivity contribution in [3.05, 3.63) is 23.8 Å². The average Bonchev–Trinajstić information content (AvgIpc) is 2.94. The monoisotopic (exact) mass is 280 g/mol. The lowest BCUT2D eigenvalue weighted by molar-refractivity contribution is -0.0407. The zero-order chi connectivity index (χ0) is 14.4. The minimum absolute atomic E-state index is 0.0269. The van der Waals surface area contributed by atoms with Crippen molar-refractivity contribution in [2.75, 3.05) is 26.4 Å². The number of benzene rings is 1. The van der Waals surface area contributed by atoms with E-state index in [1.165, 1.54) is 0 Å². The van der Waals surface area contributed by atoms with Crippen molar-refractivity contribution in [1.29, 1.82) is 0 Å². The highest BCUT2D eigenvalue weighted by Crippen LogP contribution is 2.29. The third-order valence-electron chi connectivity index (χ3n) is 2.91. The molecule has 0 saturated carbocycles. The summed E-state index contributed by atoms with van der Waals surface area (Å²) < 4.78 is 21.6. The summed E-state index contributed by atoms with van der Waals surface area (Å²) in [5.41, 5.74) is 0.580. The second-order valence-electron chi connectivity index (χ2n) is 4.33. The van der Waals surface area contributed by atoms with E-state index in [2.05, 4.69) is 0 Å². The molecule has 0 spiro atoms. The Labute approximate surface area is 118 Å². The van der Waals surface area contributed by atoms with E-state index in [1.807, 2.05) is 13.8 Å². The van der Waals surface area contributed by atoms with Gasteiger partial charge in [-0.05, 0) is 32.0 Å². The second kappa shape index (κ2) is 7.26. The summed E-state index contributed by atoms with van der Waals surface area (Å²) in [5, 5.41) is 0. The van der Waals surface area contributed by atoms with Crippen LogP contribution >= 0.6 is 0 Å². The van der Waals surface area contributed by atoms with E-state index in [0.29, 0.717) is 43.5 Å². The van der Waals surface area contributed by atoms with Crippen LogP contribution in [0.5, 0.6) is 11.5 Å². The molecule has 1 aliphatic heterocycles. The fourth-order valence-electron chi connectivity index (χ4n) is 2.02. The van der Waals surface area contributed by atoms with Crippen LogP contribution in [0.4, 0.5) is 0 Å². The van der Waals surface area contributed by atoms with Gasteiger partial charge >= 0.3 is 0 Å². The van der Waals surface area contributed by atoms with E-state index in [0.717, 1.165) is 0 Å². The maximum Gasteiger partial charge on any atom is 0.168 e. The molecule has 110 valence electrons. The van der Waals surface area contributed by atoms with Crippen LogP contribution in [0.2, 0.25) is 0 Å². The number of hydrogen-bond acceptors (Lipinski definition) is 5. The molecule has 1 saturated heterocycles. The first-order valence-corrected chi connectivity index (χ1v) is 6.90. The van der Waals surface area contributed by atoms with Gasteiger partial charge in [0.1, 0.15) is 0 Å². The van der Waals surface area contributed by atoms with Crippen molar-refractivity contribution >= 4 is 5.78 Å². The van der Waals surface area contributed by atoms with E-state index in [4.69, 9.17) is 18.9 Å². The molecule has 0 bridgehead atoms. The van der Waals surface area contributed by atoms with Crippen molar-refractivity contribution in [3.63, 3.8) is 0 Å².